The average molecular weight is 318 g/mol. The van der Waals surface area contributed by atoms with E-state index in [-0.39, 0.29) is 18.1 Å². The molecule has 0 radical (unpaired) electrons. The fourth-order valence-electron chi connectivity index (χ4n) is 2.54. The Morgan fingerprint density at radius 2 is 2.23 bits per heavy atom. The Kier molecular flexibility index (Phi) is 3.74. The van der Waals surface area contributed by atoms with Gasteiger partial charge in [0.2, 0.25) is 5.95 Å². The van der Waals surface area contributed by atoms with Crippen molar-refractivity contribution in [3.63, 3.8) is 0 Å². The lowest BCUT2D eigenvalue weighted by Crippen LogP contribution is -2.30. The van der Waals surface area contributed by atoms with Crippen LogP contribution in [0.15, 0.2) is 29.0 Å². The number of rotatable bonds is 3. The molecule has 0 fully saturated rings. The Morgan fingerprint density at radius 1 is 1.45 bits per heavy atom. The number of anilines is 1. The van der Waals surface area contributed by atoms with Gasteiger partial charge in [0.25, 0.3) is 0 Å². The zero-order valence-electron chi connectivity index (χ0n) is 13.0. The van der Waals surface area contributed by atoms with E-state index in [0.717, 1.165) is 16.1 Å². The van der Waals surface area contributed by atoms with Crippen molar-refractivity contribution < 1.29 is 9.53 Å². The van der Waals surface area contributed by atoms with E-state index in [9.17, 15) is 4.79 Å². The highest BCUT2D eigenvalue weighted by molar-refractivity contribution is 7.10. The summed E-state index contributed by atoms with van der Waals surface area (Å²) in [4.78, 5) is 17.9. The SMILES string of the molecule is CC1=C(C(=O)OC(C)C)C(c2sccc2C)n2ncnc2N1. The average Bonchev–Trinajstić information content (AvgIpc) is 3.04. The predicted octanol–water partition coefficient (Wildman–Crippen LogP) is 2.89. The molecule has 116 valence electrons. The zero-order chi connectivity index (χ0) is 15.9. The van der Waals surface area contributed by atoms with Gasteiger partial charge in [-0.1, -0.05) is 0 Å². The van der Waals surface area contributed by atoms with Crippen molar-refractivity contribution in [2.45, 2.75) is 39.8 Å². The summed E-state index contributed by atoms with van der Waals surface area (Å²) < 4.78 is 7.17. The van der Waals surface area contributed by atoms with E-state index >= 15 is 0 Å². The molecular formula is C15H18N4O2S. The molecule has 1 atom stereocenters. The van der Waals surface area contributed by atoms with E-state index in [1.165, 1.54) is 6.33 Å². The molecule has 3 rings (SSSR count). The van der Waals surface area contributed by atoms with Crippen molar-refractivity contribution in [1.29, 1.82) is 0 Å². The lowest BCUT2D eigenvalue weighted by molar-refractivity contribution is -0.143. The van der Waals surface area contributed by atoms with Crippen LogP contribution in [0.25, 0.3) is 0 Å². The second-order valence-electron chi connectivity index (χ2n) is 5.52. The van der Waals surface area contributed by atoms with Crippen molar-refractivity contribution in [2.24, 2.45) is 0 Å². The molecule has 7 heteroatoms. The molecule has 2 aromatic rings. The highest BCUT2D eigenvalue weighted by Gasteiger charge is 2.36. The molecule has 2 aromatic heterocycles. The molecule has 0 aromatic carbocycles. The number of allylic oxidation sites excluding steroid dienone is 1. The largest absolute Gasteiger partial charge is 0.459 e. The Morgan fingerprint density at radius 3 is 2.86 bits per heavy atom. The third-order valence-electron chi connectivity index (χ3n) is 3.51. The first-order valence-electron chi connectivity index (χ1n) is 7.11. The van der Waals surface area contributed by atoms with Crippen molar-refractivity contribution in [3.8, 4) is 0 Å². The number of hydrogen-bond acceptors (Lipinski definition) is 6. The number of carbonyl (C=O) groups is 1. The van der Waals surface area contributed by atoms with Crippen molar-refractivity contribution >= 4 is 23.3 Å². The third kappa shape index (κ3) is 2.41. The second-order valence-corrected chi connectivity index (χ2v) is 6.46. The van der Waals surface area contributed by atoms with Crippen LogP contribution in [0, 0.1) is 6.92 Å². The minimum absolute atomic E-state index is 0.171. The summed E-state index contributed by atoms with van der Waals surface area (Å²) >= 11 is 1.61. The molecule has 0 spiro atoms. The molecule has 1 unspecified atom stereocenters. The topological polar surface area (TPSA) is 69.0 Å². The number of nitrogens with one attached hydrogen (secondary N) is 1. The summed E-state index contributed by atoms with van der Waals surface area (Å²) in [6.07, 6.45) is 1.32. The van der Waals surface area contributed by atoms with Crippen LogP contribution in [0.1, 0.15) is 37.3 Å². The van der Waals surface area contributed by atoms with Crippen molar-refractivity contribution in [3.05, 3.63) is 39.5 Å². The van der Waals surface area contributed by atoms with E-state index in [1.807, 2.05) is 39.1 Å². The van der Waals surface area contributed by atoms with Gasteiger partial charge >= 0.3 is 5.97 Å². The van der Waals surface area contributed by atoms with Crippen LogP contribution in [-0.2, 0) is 9.53 Å². The summed E-state index contributed by atoms with van der Waals surface area (Å²) in [5, 5.41) is 9.44. The smallest absolute Gasteiger partial charge is 0.338 e. The summed E-state index contributed by atoms with van der Waals surface area (Å²) in [6, 6.07) is 1.74. The monoisotopic (exact) mass is 318 g/mol. The molecule has 1 N–H and O–H groups in total. The van der Waals surface area contributed by atoms with Crippen LogP contribution < -0.4 is 5.32 Å². The molecule has 1 aliphatic rings. The molecule has 0 bridgehead atoms. The van der Waals surface area contributed by atoms with Gasteiger partial charge in [0.15, 0.2) is 0 Å². The maximum absolute atomic E-state index is 12.6. The molecule has 0 aliphatic carbocycles. The number of aromatic nitrogens is 3. The highest BCUT2D eigenvalue weighted by atomic mass is 32.1. The van der Waals surface area contributed by atoms with Gasteiger partial charge in [-0.2, -0.15) is 10.1 Å². The molecule has 0 saturated carbocycles. The predicted molar refractivity (Wildman–Crippen MR) is 84.8 cm³/mol. The molecule has 0 amide bonds. The Bertz CT molecular complexity index is 744. The number of thiophene rings is 1. The highest BCUT2D eigenvalue weighted by Crippen LogP contribution is 2.38. The first-order chi connectivity index (χ1) is 10.5. The third-order valence-corrected chi connectivity index (χ3v) is 4.58. The number of nitrogens with zero attached hydrogens (tertiary/aromatic N) is 3. The van der Waals surface area contributed by atoms with Crippen LogP contribution in [0.2, 0.25) is 0 Å². The number of hydrogen-bond donors (Lipinski definition) is 1. The van der Waals surface area contributed by atoms with Gasteiger partial charge in [-0.15, -0.1) is 11.3 Å². The molecule has 22 heavy (non-hydrogen) atoms. The minimum atomic E-state index is -0.320. The summed E-state index contributed by atoms with van der Waals surface area (Å²) in [6.45, 7) is 7.59. The number of carbonyl (C=O) groups excluding carboxylic acids is 1. The number of ether oxygens (including phenoxy) is 1. The van der Waals surface area contributed by atoms with E-state index in [0.29, 0.717) is 11.5 Å². The van der Waals surface area contributed by atoms with Gasteiger partial charge in [0, 0.05) is 10.6 Å². The molecule has 1 aliphatic heterocycles. The first-order valence-corrected chi connectivity index (χ1v) is 7.99. The van der Waals surface area contributed by atoms with Gasteiger partial charge in [-0.05, 0) is 44.7 Å². The maximum Gasteiger partial charge on any atom is 0.338 e. The van der Waals surface area contributed by atoms with Gasteiger partial charge in [-0.3, -0.25) is 0 Å². The second kappa shape index (κ2) is 5.57. The first kappa shape index (κ1) is 14.8. The quantitative estimate of drug-likeness (QED) is 0.881. The van der Waals surface area contributed by atoms with Gasteiger partial charge in [0.1, 0.15) is 12.4 Å². The van der Waals surface area contributed by atoms with E-state index < -0.39 is 0 Å². The minimum Gasteiger partial charge on any atom is -0.459 e. The van der Waals surface area contributed by atoms with Gasteiger partial charge < -0.3 is 10.1 Å². The Labute approximate surface area is 132 Å². The molecule has 3 heterocycles. The van der Waals surface area contributed by atoms with Crippen LogP contribution >= 0.6 is 11.3 Å². The van der Waals surface area contributed by atoms with E-state index in [4.69, 9.17) is 4.74 Å². The number of esters is 1. The number of fused-ring (bicyclic) bond motifs is 1. The lowest BCUT2D eigenvalue weighted by atomic mass is 10.00. The molecule has 0 saturated heterocycles. The van der Waals surface area contributed by atoms with Crippen molar-refractivity contribution in [1.82, 2.24) is 14.8 Å². The van der Waals surface area contributed by atoms with Crippen LogP contribution in [0.4, 0.5) is 5.95 Å². The normalized spacial score (nSPS) is 17.4. The van der Waals surface area contributed by atoms with Gasteiger partial charge in [-0.25, -0.2) is 9.48 Å². The number of aryl methyl sites for hydroxylation is 1. The summed E-state index contributed by atoms with van der Waals surface area (Å²) in [7, 11) is 0. The maximum atomic E-state index is 12.6. The van der Waals surface area contributed by atoms with Gasteiger partial charge in [0.05, 0.1) is 11.7 Å². The molecule has 6 nitrogen and oxygen atoms in total. The van der Waals surface area contributed by atoms with E-state index in [1.54, 1.807) is 16.0 Å². The fraction of sp³-hybridized carbons (Fsp3) is 0.400. The van der Waals surface area contributed by atoms with Crippen molar-refractivity contribution in [2.75, 3.05) is 5.32 Å². The Balaban J connectivity index is 2.12. The van der Waals surface area contributed by atoms with Crippen LogP contribution in [0.5, 0.6) is 0 Å². The van der Waals surface area contributed by atoms with Crippen LogP contribution in [-0.4, -0.2) is 26.8 Å². The van der Waals surface area contributed by atoms with Crippen LogP contribution in [0.3, 0.4) is 0 Å². The lowest BCUT2D eigenvalue weighted by Gasteiger charge is -2.28. The summed E-state index contributed by atoms with van der Waals surface area (Å²) in [5.41, 5.74) is 2.46. The summed E-state index contributed by atoms with van der Waals surface area (Å²) in [5.74, 6) is 0.315. The Hall–Kier alpha value is -2.15. The fourth-order valence-corrected chi connectivity index (χ4v) is 3.56. The standard InChI is InChI=1S/C15H18N4O2S/c1-8(2)21-14(20)11-10(4)18-15-16-7-17-19(15)12(11)13-9(3)5-6-22-13/h5-8,12H,1-4H3,(H,16,17,18). The van der Waals surface area contributed by atoms with E-state index in [2.05, 4.69) is 15.4 Å². The zero-order valence-corrected chi connectivity index (χ0v) is 13.8. The molecular weight excluding hydrogens is 300 g/mol.